The van der Waals surface area contributed by atoms with Gasteiger partial charge < -0.3 is 14.5 Å². The number of furan rings is 1. The molecule has 1 atom stereocenters. The maximum atomic E-state index is 11.6. The molecule has 1 heterocycles. The van der Waals surface area contributed by atoms with E-state index in [4.69, 9.17) is 9.15 Å². The number of para-hydroxylation sites is 1. The molecule has 0 aliphatic carbocycles. The maximum Gasteiger partial charge on any atom is 0.234 e. The molecule has 5 nitrogen and oxygen atoms in total. The van der Waals surface area contributed by atoms with E-state index in [1.807, 2.05) is 45.0 Å². The Labute approximate surface area is 124 Å². The molecule has 2 rings (SSSR count). The number of amides is 1. The van der Waals surface area contributed by atoms with Gasteiger partial charge in [-0.15, -0.1) is 0 Å². The summed E-state index contributed by atoms with van der Waals surface area (Å²) in [6.45, 7) is 6.10. The van der Waals surface area contributed by atoms with Gasteiger partial charge in [-0.1, -0.05) is 12.1 Å². The highest BCUT2D eigenvalue weighted by atomic mass is 16.5. The van der Waals surface area contributed by atoms with Crippen LogP contribution in [0.25, 0.3) is 11.0 Å². The molecule has 2 N–H and O–H groups in total. The van der Waals surface area contributed by atoms with Gasteiger partial charge in [-0.2, -0.15) is 0 Å². The predicted molar refractivity (Wildman–Crippen MR) is 82.5 cm³/mol. The molecule has 5 heteroatoms. The van der Waals surface area contributed by atoms with Crippen LogP contribution in [0.1, 0.15) is 32.6 Å². The predicted octanol–water partition coefficient (Wildman–Crippen LogP) is 2.62. The molecule has 0 spiro atoms. The number of fused-ring (bicyclic) bond motifs is 1. The topological polar surface area (TPSA) is 63.5 Å². The first-order valence-electron chi connectivity index (χ1n) is 7.10. The first-order chi connectivity index (χ1) is 10.0. The largest absolute Gasteiger partial charge is 0.493 e. The fraction of sp³-hybridized carbons (Fsp3) is 0.438. The molecule has 114 valence electrons. The molecule has 0 saturated heterocycles. The quantitative estimate of drug-likeness (QED) is 0.858. The summed E-state index contributed by atoms with van der Waals surface area (Å²) in [6.07, 6.45) is 0. The van der Waals surface area contributed by atoms with Crippen LogP contribution in [0, 0.1) is 0 Å². The Hall–Kier alpha value is -2.01. The Bertz CT molecular complexity index is 619. The zero-order valence-corrected chi connectivity index (χ0v) is 12.9. The van der Waals surface area contributed by atoms with E-state index in [-0.39, 0.29) is 24.5 Å². The second kappa shape index (κ2) is 6.63. The van der Waals surface area contributed by atoms with Gasteiger partial charge >= 0.3 is 0 Å². The molecule has 1 amide bonds. The Kier molecular flexibility index (Phi) is 4.85. The van der Waals surface area contributed by atoms with Crippen molar-refractivity contribution < 1.29 is 13.9 Å². The summed E-state index contributed by atoms with van der Waals surface area (Å²) in [4.78, 5) is 11.6. The monoisotopic (exact) mass is 290 g/mol. The molecule has 0 aliphatic rings. The van der Waals surface area contributed by atoms with E-state index in [0.717, 1.165) is 16.7 Å². The van der Waals surface area contributed by atoms with Gasteiger partial charge in [0.25, 0.3) is 0 Å². The van der Waals surface area contributed by atoms with Crippen LogP contribution in [0.15, 0.2) is 28.7 Å². The molecular weight excluding hydrogens is 268 g/mol. The van der Waals surface area contributed by atoms with Crippen molar-refractivity contribution >= 4 is 16.9 Å². The molecule has 0 saturated carbocycles. The van der Waals surface area contributed by atoms with Gasteiger partial charge in [-0.3, -0.25) is 10.1 Å². The van der Waals surface area contributed by atoms with Crippen LogP contribution in [-0.2, 0) is 4.79 Å². The summed E-state index contributed by atoms with van der Waals surface area (Å²) >= 11 is 0. The first-order valence-corrected chi connectivity index (χ1v) is 7.10. The zero-order chi connectivity index (χ0) is 15.4. The average Bonchev–Trinajstić information content (AvgIpc) is 2.87. The first kappa shape index (κ1) is 15.4. The van der Waals surface area contributed by atoms with Gasteiger partial charge in [-0.05, 0) is 32.9 Å². The lowest BCUT2D eigenvalue weighted by Crippen LogP contribution is -2.38. The lowest BCUT2D eigenvalue weighted by Gasteiger charge is -2.12. The van der Waals surface area contributed by atoms with E-state index < -0.39 is 0 Å². The summed E-state index contributed by atoms with van der Waals surface area (Å²) in [7, 11) is 1.62. The van der Waals surface area contributed by atoms with Gasteiger partial charge in [0.2, 0.25) is 5.91 Å². The zero-order valence-electron chi connectivity index (χ0n) is 12.9. The van der Waals surface area contributed by atoms with Gasteiger partial charge in [0.1, 0.15) is 5.76 Å². The van der Waals surface area contributed by atoms with Crippen LogP contribution in [-0.4, -0.2) is 25.6 Å². The lowest BCUT2D eigenvalue weighted by molar-refractivity contribution is -0.120. The van der Waals surface area contributed by atoms with Gasteiger partial charge in [0, 0.05) is 11.4 Å². The third-order valence-electron chi connectivity index (χ3n) is 3.19. The molecular formula is C16H22N2O3. The summed E-state index contributed by atoms with van der Waals surface area (Å²) < 4.78 is 11.1. The Morgan fingerprint density at radius 2 is 2.10 bits per heavy atom. The standard InChI is InChI=1S/C16H22N2O3/c1-10(2)18-15(19)9-17-11(3)14-8-12-6-5-7-13(20-4)16(12)21-14/h5-8,10-11,17H,9H2,1-4H3,(H,18,19)/t11-/m1/s1. The Morgan fingerprint density at radius 3 is 2.76 bits per heavy atom. The summed E-state index contributed by atoms with van der Waals surface area (Å²) in [5.41, 5.74) is 0.732. The highest BCUT2D eigenvalue weighted by Crippen LogP contribution is 2.30. The van der Waals surface area contributed by atoms with Gasteiger partial charge in [0.15, 0.2) is 11.3 Å². The SMILES string of the molecule is COc1cccc2cc([C@@H](C)NCC(=O)NC(C)C)oc12. The number of hydrogen-bond acceptors (Lipinski definition) is 4. The molecule has 1 aromatic carbocycles. The summed E-state index contributed by atoms with van der Waals surface area (Å²) in [5, 5.41) is 6.99. The summed E-state index contributed by atoms with van der Waals surface area (Å²) in [5.74, 6) is 1.47. The molecule has 0 unspecified atom stereocenters. The van der Waals surface area contributed by atoms with Crippen molar-refractivity contribution in [3.8, 4) is 5.75 Å². The number of methoxy groups -OCH3 is 1. The van der Waals surface area contributed by atoms with Crippen molar-refractivity contribution in [3.05, 3.63) is 30.0 Å². The van der Waals surface area contributed by atoms with E-state index in [2.05, 4.69) is 10.6 Å². The van der Waals surface area contributed by atoms with E-state index in [1.54, 1.807) is 7.11 Å². The normalized spacial score (nSPS) is 12.6. The molecule has 2 aromatic rings. The van der Waals surface area contributed by atoms with Crippen LogP contribution in [0.5, 0.6) is 5.75 Å². The molecule has 0 radical (unpaired) electrons. The number of rotatable bonds is 6. The fourth-order valence-electron chi connectivity index (χ4n) is 2.15. The molecule has 0 bridgehead atoms. The van der Waals surface area contributed by atoms with Crippen molar-refractivity contribution in [1.82, 2.24) is 10.6 Å². The lowest BCUT2D eigenvalue weighted by atomic mass is 10.2. The van der Waals surface area contributed by atoms with E-state index >= 15 is 0 Å². The minimum atomic E-state index is -0.0555. The van der Waals surface area contributed by atoms with Crippen LogP contribution in [0.2, 0.25) is 0 Å². The third kappa shape index (κ3) is 3.76. The van der Waals surface area contributed by atoms with Crippen molar-refractivity contribution in [2.24, 2.45) is 0 Å². The van der Waals surface area contributed by atoms with Crippen LogP contribution < -0.4 is 15.4 Å². The smallest absolute Gasteiger partial charge is 0.234 e. The molecule has 0 fully saturated rings. The summed E-state index contributed by atoms with van der Waals surface area (Å²) in [6, 6.07) is 7.82. The van der Waals surface area contributed by atoms with Gasteiger partial charge in [0.05, 0.1) is 19.7 Å². The molecule has 1 aromatic heterocycles. The minimum Gasteiger partial charge on any atom is -0.493 e. The molecule has 21 heavy (non-hydrogen) atoms. The van der Waals surface area contributed by atoms with Crippen molar-refractivity contribution in [1.29, 1.82) is 0 Å². The average molecular weight is 290 g/mol. The minimum absolute atomic E-state index is 0.0226. The number of carbonyl (C=O) groups is 1. The van der Waals surface area contributed by atoms with E-state index in [0.29, 0.717) is 5.75 Å². The molecule has 0 aliphatic heterocycles. The van der Waals surface area contributed by atoms with E-state index in [9.17, 15) is 4.79 Å². The highest BCUT2D eigenvalue weighted by molar-refractivity contribution is 5.83. The number of hydrogen-bond donors (Lipinski definition) is 2. The van der Waals surface area contributed by atoms with Crippen molar-refractivity contribution in [2.75, 3.05) is 13.7 Å². The Balaban J connectivity index is 2.06. The number of carbonyl (C=O) groups excluding carboxylic acids is 1. The highest BCUT2D eigenvalue weighted by Gasteiger charge is 2.14. The third-order valence-corrected chi connectivity index (χ3v) is 3.19. The van der Waals surface area contributed by atoms with Crippen LogP contribution in [0.4, 0.5) is 0 Å². The van der Waals surface area contributed by atoms with Crippen molar-refractivity contribution in [2.45, 2.75) is 32.9 Å². The second-order valence-corrected chi connectivity index (χ2v) is 5.35. The van der Waals surface area contributed by atoms with Crippen LogP contribution in [0.3, 0.4) is 0 Å². The van der Waals surface area contributed by atoms with Gasteiger partial charge in [-0.25, -0.2) is 0 Å². The number of benzene rings is 1. The van der Waals surface area contributed by atoms with Crippen molar-refractivity contribution in [3.63, 3.8) is 0 Å². The fourth-order valence-corrected chi connectivity index (χ4v) is 2.15. The Morgan fingerprint density at radius 1 is 1.33 bits per heavy atom. The number of ether oxygens (including phenoxy) is 1. The number of nitrogens with one attached hydrogen (secondary N) is 2. The second-order valence-electron chi connectivity index (χ2n) is 5.35. The van der Waals surface area contributed by atoms with Crippen LogP contribution >= 0.6 is 0 Å². The van der Waals surface area contributed by atoms with E-state index in [1.165, 1.54) is 0 Å². The maximum absolute atomic E-state index is 11.6.